The molecule has 33 heavy (non-hydrogen) atoms. The van der Waals surface area contributed by atoms with Gasteiger partial charge in [-0.1, -0.05) is 74.4 Å². The fourth-order valence-corrected chi connectivity index (χ4v) is 3.97. The van der Waals surface area contributed by atoms with Crippen LogP contribution in [0.15, 0.2) is 60.2 Å². The Morgan fingerprint density at radius 1 is 1.06 bits per heavy atom. The number of amides is 2. The minimum absolute atomic E-state index is 0.0600. The van der Waals surface area contributed by atoms with Crippen molar-refractivity contribution in [1.82, 2.24) is 10.6 Å². The van der Waals surface area contributed by atoms with E-state index in [9.17, 15) is 14.4 Å². The summed E-state index contributed by atoms with van der Waals surface area (Å²) in [5.74, 6) is -1.47. The van der Waals surface area contributed by atoms with Crippen LogP contribution in [0.3, 0.4) is 0 Å². The molecule has 3 rings (SSSR count). The molecular weight excluding hydrogens is 420 g/mol. The molecule has 0 heterocycles. The molecule has 0 aromatic heterocycles. The molecule has 2 amide bonds. The Hall–Kier alpha value is -3.61. The summed E-state index contributed by atoms with van der Waals surface area (Å²) in [5, 5.41) is 14.2. The Kier molecular flexibility index (Phi) is 8.24. The molecule has 0 radical (unpaired) electrons. The van der Waals surface area contributed by atoms with E-state index in [4.69, 9.17) is 9.84 Å². The monoisotopic (exact) mass is 450 g/mol. The number of carbonyl (C=O) groups is 3. The van der Waals surface area contributed by atoms with Crippen molar-refractivity contribution >= 4 is 18.0 Å². The van der Waals surface area contributed by atoms with E-state index in [0.717, 1.165) is 35.1 Å². The van der Waals surface area contributed by atoms with Gasteiger partial charge in [0.2, 0.25) is 5.91 Å². The molecule has 1 unspecified atom stereocenters. The smallest absolute Gasteiger partial charge is 0.407 e. The van der Waals surface area contributed by atoms with Gasteiger partial charge in [0.05, 0.1) is 0 Å². The van der Waals surface area contributed by atoms with Crippen LogP contribution in [0.25, 0.3) is 11.1 Å². The van der Waals surface area contributed by atoms with E-state index in [1.165, 1.54) is 13.0 Å². The molecule has 1 atom stereocenters. The van der Waals surface area contributed by atoms with Gasteiger partial charge in [0.25, 0.3) is 0 Å². The van der Waals surface area contributed by atoms with Crippen LogP contribution in [0, 0.1) is 0 Å². The fraction of sp³-hybridized carbons (Fsp3) is 0.346. The molecule has 1 aliphatic rings. The number of hydrogen-bond donors (Lipinski definition) is 3. The lowest BCUT2D eigenvalue weighted by molar-refractivity contribution is -0.132. The predicted octanol–water partition coefficient (Wildman–Crippen LogP) is 4.23. The van der Waals surface area contributed by atoms with Crippen LogP contribution in [-0.2, 0) is 14.3 Å². The maximum Gasteiger partial charge on any atom is 0.407 e. The zero-order chi connectivity index (χ0) is 23.8. The molecule has 3 N–H and O–H groups in total. The quantitative estimate of drug-likeness (QED) is 0.470. The van der Waals surface area contributed by atoms with Crippen molar-refractivity contribution in [3.63, 3.8) is 0 Å². The highest BCUT2D eigenvalue weighted by Crippen LogP contribution is 2.44. The number of aliphatic carboxylic acids is 1. The lowest BCUT2D eigenvalue weighted by atomic mass is 9.98. The van der Waals surface area contributed by atoms with Crippen LogP contribution in [0.2, 0.25) is 0 Å². The van der Waals surface area contributed by atoms with Crippen LogP contribution in [0.4, 0.5) is 4.79 Å². The lowest BCUT2D eigenvalue weighted by Crippen LogP contribution is -2.47. The number of nitrogens with one attached hydrogen (secondary N) is 2. The van der Waals surface area contributed by atoms with Crippen LogP contribution in [0.5, 0.6) is 0 Å². The zero-order valence-electron chi connectivity index (χ0n) is 19.0. The minimum atomic E-state index is -1.04. The first-order chi connectivity index (χ1) is 15.9. The molecule has 0 spiro atoms. The summed E-state index contributed by atoms with van der Waals surface area (Å²) in [6, 6.07) is 15.4. The number of fused-ring (bicyclic) bond motifs is 3. The van der Waals surface area contributed by atoms with Crippen LogP contribution in [0.1, 0.15) is 50.2 Å². The summed E-state index contributed by atoms with van der Waals surface area (Å²) in [6.07, 6.45) is 2.86. The first kappa shape index (κ1) is 24.0. The summed E-state index contributed by atoms with van der Waals surface area (Å²) in [5.41, 5.74) is 4.67. The number of benzene rings is 2. The van der Waals surface area contributed by atoms with E-state index in [1.54, 1.807) is 0 Å². The molecular formula is C26H30N2O5. The normalized spacial score (nSPS) is 13.6. The number of rotatable bonds is 10. The van der Waals surface area contributed by atoms with Gasteiger partial charge < -0.3 is 20.5 Å². The molecule has 0 fully saturated rings. The van der Waals surface area contributed by atoms with Crippen molar-refractivity contribution in [3.8, 4) is 11.1 Å². The van der Waals surface area contributed by atoms with Gasteiger partial charge in [-0.2, -0.15) is 0 Å². The van der Waals surface area contributed by atoms with Gasteiger partial charge in [0, 0.05) is 18.0 Å². The lowest BCUT2D eigenvalue weighted by Gasteiger charge is -2.19. The summed E-state index contributed by atoms with van der Waals surface area (Å²) in [6.45, 7) is 3.70. The number of unbranched alkanes of at least 4 members (excludes halogenated alkanes) is 1. The largest absolute Gasteiger partial charge is 0.478 e. The van der Waals surface area contributed by atoms with E-state index in [1.807, 2.05) is 43.3 Å². The Morgan fingerprint density at radius 3 is 2.24 bits per heavy atom. The first-order valence-corrected chi connectivity index (χ1v) is 11.2. The van der Waals surface area contributed by atoms with Gasteiger partial charge in [0.15, 0.2) is 0 Å². The van der Waals surface area contributed by atoms with Gasteiger partial charge in [-0.05, 0) is 35.6 Å². The minimum Gasteiger partial charge on any atom is -0.478 e. The van der Waals surface area contributed by atoms with Gasteiger partial charge in [-0.3, -0.25) is 4.79 Å². The average Bonchev–Trinajstić information content (AvgIpc) is 3.13. The van der Waals surface area contributed by atoms with Crippen LogP contribution >= 0.6 is 0 Å². The third-order valence-electron chi connectivity index (χ3n) is 5.82. The highest BCUT2D eigenvalue weighted by atomic mass is 16.5. The molecule has 0 aliphatic heterocycles. The van der Waals surface area contributed by atoms with Gasteiger partial charge >= 0.3 is 12.1 Å². The van der Waals surface area contributed by atoms with Gasteiger partial charge in [-0.15, -0.1) is 0 Å². The summed E-state index contributed by atoms with van der Waals surface area (Å²) in [7, 11) is 0. The maximum absolute atomic E-state index is 12.6. The summed E-state index contributed by atoms with van der Waals surface area (Å²) in [4.78, 5) is 36.0. The standard InChI is InChI=1S/C26H30N2O5/c1-3-4-13-23(24(29)27-15-14-17(2)25(30)31)28-26(32)33-16-22-20-11-7-5-9-18(20)19-10-6-8-12-21(19)22/h5-12,14,22-23H,3-4,13,15-16H2,1-2H3,(H,27,29)(H,28,32)(H,30,31)/b17-14+. The molecule has 7 heteroatoms. The maximum atomic E-state index is 12.6. The first-order valence-electron chi connectivity index (χ1n) is 11.2. The topological polar surface area (TPSA) is 105 Å². The third-order valence-corrected chi connectivity index (χ3v) is 5.82. The number of ether oxygens (including phenoxy) is 1. The molecule has 0 saturated carbocycles. The Balaban J connectivity index is 1.61. The highest BCUT2D eigenvalue weighted by Gasteiger charge is 2.29. The van der Waals surface area contributed by atoms with Crippen molar-refractivity contribution in [2.75, 3.05) is 13.2 Å². The van der Waals surface area contributed by atoms with E-state index in [2.05, 4.69) is 22.8 Å². The SMILES string of the molecule is CCCCC(NC(=O)OCC1c2ccccc2-c2ccccc21)C(=O)NC/C=C(\C)C(=O)O. The Labute approximate surface area is 193 Å². The summed E-state index contributed by atoms with van der Waals surface area (Å²) >= 11 is 0. The molecule has 2 aromatic carbocycles. The Morgan fingerprint density at radius 2 is 1.67 bits per heavy atom. The third kappa shape index (κ3) is 6.00. The van der Waals surface area contributed by atoms with Crippen molar-refractivity contribution in [1.29, 1.82) is 0 Å². The number of alkyl carbamates (subject to hydrolysis) is 1. The van der Waals surface area contributed by atoms with Crippen LogP contribution < -0.4 is 10.6 Å². The second kappa shape index (κ2) is 11.3. The second-order valence-electron chi connectivity index (χ2n) is 8.10. The van der Waals surface area contributed by atoms with E-state index in [-0.39, 0.29) is 30.5 Å². The van der Waals surface area contributed by atoms with E-state index in [0.29, 0.717) is 6.42 Å². The number of carbonyl (C=O) groups excluding carboxylic acids is 2. The fourth-order valence-electron chi connectivity index (χ4n) is 3.97. The highest BCUT2D eigenvalue weighted by molar-refractivity contribution is 5.87. The van der Waals surface area contributed by atoms with Crippen molar-refractivity contribution in [2.24, 2.45) is 0 Å². The molecule has 174 valence electrons. The van der Waals surface area contributed by atoms with Crippen molar-refractivity contribution in [2.45, 2.75) is 45.1 Å². The second-order valence-corrected chi connectivity index (χ2v) is 8.10. The van der Waals surface area contributed by atoms with E-state index >= 15 is 0 Å². The van der Waals surface area contributed by atoms with Gasteiger partial charge in [-0.25, -0.2) is 9.59 Å². The molecule has 0 saturated heterocycles. The predicted molar refractivity (Wildman–Crippen MR) is 126 cm³/mol. The molecule has 2 aromatic rings. The van der Waals surface area contributed by atoms with Crippen molar-refractivity contribution in [3.05, 3.63) is 71.3 Å². The number of carboxylic acid groups (broad SMARTS) is 1. The van der Waals surface area contributed by atoms with Crippen molar-refractivity contribution < 1.29 is 24.2 Å². The molecule has 1 aliphatic carbocycles. The number of hydrogen-bond acceptors (Lipinski definition) is 4. The zero-order valence-corrected chi connectivity index (χ0v) is 19.0. The number of carboxylic acids is 1. The van der Waals surface area contributed by atoms with E-state index < -0.39 is 18.1 Å². The summed E-state index contributed by atoms with van der Waals surface area (Å²) < 4.78 is 5.55. The van der Waals surface area contributed by atoms with Gasteiger partial charge in [0.1, 0.15) is 12.6 Å². The molecule has 7 nitrogen and oxygen atoms in total. The average molecular weight is 451 g/mol. The molecule has 0 bridgehead atoms. The Bertz CT molecular complexity index is 1000. The van der Waals surface area contributed by atoms with Crippen LogP contribution in [-0.4, -0.2) is 42.3 Å².